The molecule has 1 saturated heterocycles. The van der Waals surface area contributed by atoms with Crippen LogP contribution in [0.4, 0.5) is 0 Å². The zero-order chi connectivity index (χ0) is 11.6. The van der Waals surface area contributed by atoms with Crippen LogP contribution in [0.5, 0.6) is 0 Å². The number of carbonyl (C=O) groups is 1. The second-order valence-corrected chi connectivity index (χ2v) is 5.98. The van der Waals surface area contributed by atoms with Gasteiger partial charge in [-0.15, -0.1) is 0 Å². The molecule has 0 bridgehead atoms. The molecule has 1 N–H and O–H groups in total. The SMILES string of the molecule is C[C@@H]1CCC[C@H](C)N1S(=O)(=O)CC(=O)O. The van der Waals surface area contributed by atoms with Crippen molar-refractivity contribution in [2.24, 2.45) is 0 Å². The summed E-state index contributed by atoms with van der Waals surface area (Å²) in [6.07, 6.45) is 2.62. The molecule has 1 heterocycles. The van der Waals surface area contributed by atoms with E-state index in [9.17, 15) is 13.2 Å². The molecule has 1 fully saturated rings. The van der Waals surface area contributed by atoms with E-state index in [1.807, 2.05) is 13.8 Å². The van der Waals surface area contributed by atoms with Crippen molar-refractivity contribution in [3.63, 3.8) is 0 Å². The van der Waals surface area contributed by atoms with E-state index in [1.165, 1.54) is 4.31 Å². The standard InChI is InChI=1S/C9H17NO4S/c1-7-4-3-5-8(2)10(7)15(13,14)6-9(11)12/h7-8H,3-6H2,1-2H3,(H,11,12)/t7-,8+. The van der Waals surface area contributed by atoms with Crippen molar-refractivity contribution in [2.45, 2.75) is 45.2 Å². The molecule has 88 valence electrons. The topological polar surface area (TPSA) is 74.7 Å². The maximum absolute atomic E-state index is 11.8. The molecule has 0 spiro atoms. The Balaban J connectivity index is 2.88. The summed E-state index contributed by atoms with van der Waals surface area (Å²) in [7, 11) is -3.65. The third-order valence-electron chi connectivity index (χ3n) is 2.74. The average Bonchev–Trinajstić information content (AvgIpc) is 1.99. The van der Waals surface area contributed by atoms with Crippen molar-refractivity contribution in [3.05, 3.63) is 0 Å². The van der Waals surface area contributed by atoms with Gasteiger partial charge in [0.2, 0.25) is 10.0 Å². The van der Waals surface area contributed by atoms with E-state index < -0.39 is 21.7 Å². The molecule has 1 aliphatic rings. The molecule has 0 aliphatic carbocycles. The van der Waals surface area contributed by atoms with Crippen LogP contribution in [0, 0.1) is 0 Å². The lowest BCUT2D eigenvalue weighted by Crippen LogP contribution is -2.49. The Morgan fingerprint density at radius 3 is 2.20 bits per heavy atom. The minimum absolute atomic E-state index is 0.0851. The summed E-state index contributed by atoms with van der Waals surface area (Å²) in [5.41, 5.74) is 0. The first-order valence-corrected chi connectivity index (χ1v) is 6.68. The van der Waals surface area contributed by atoms with Crippen molar-refractivity contribution < 1.29 is 18.3 Å². The van der Waals surface area contributed by atoms with Crippen LogP contribution in [-0.4, -0.2) is 41.6 Å². The molecule has 0 aromatic carbocycles. The molecular weight excluding hydrogens is 218 g/mol. The van der Waals surface area contributed by atoms with Gasteiger partial charge in [-0.2, -0.15) is 4.31 Å². The number of carboxylic acids is 1. The van der Waals surface area contributed by atoms with Crippen molar-refractivity contribution in [3.8, 4) is 0 Å². The molecule has 0 amide bonds. The molecule has 0 unspecified atom stereocenters. The van der Waals surface area contributed by atoms with E-state index in [1.54, 1.807) is 0 Å². The predicted molar refractivity (Wildman–Crippen MR) is 56.0 cm³/mol. The third kappa shape index (κ3) is 2.92. The van der Waals surface area contributed by atoms with Gasteiger partial charge in [-0.1, -0.05) is 6.42 Å². The fourth-order valence-corrected chi connectivity index (χ4v) is 3.95. The van der Waals surface area contributed by atoms with Crippen LogP contribution in [0.25, 0.3) is 0 Å². The van der Waals surface area contributed by atoms with Crippen molar-refractivity contribution in [1.82, 2.24) is 4.31 Å². The summed E-state index contributed by atoms with van der Waals surface area (Å²) in [6, 6.07) is -0.170. The lowest BCUT2D eigenvalue weighted by atomic mass is 10.0. The van der Waals surface area contributed by atoms with Crippen LogP contribution in [0.1, 0.15) is 33.1 Å². The molecule has 0 saturated carbocycles. The van der Waals surface area contributed by atoms with Gasteiger partial charge in [-0.05, 0) is 26.7 Å². The number of carboxylic acid groups (broad SMARTS) is 1. The van der Waals surface area contributed by atoms with Gasteiger partial charge in [0.05, 0.1) is 0 Å². The molecule has 0 aromatic heterocycles. The van der Waals surface area contributed by atoms with Gasteiger partial charge < -0.3 is 5.11 Å². The van der Waals surface area contributed by atoms with Crippen LogP contribution >= 0.6 is 0 Å². The van der Waals surface area contributed by atoms with Crippen molar-refractivity contribution in [1.29, 1.82) is 0 Å². The highest BCUT2D eigenvalue weighted by molar-refractivity contribution is 7.89. The Labute approximate surface area is 90.1 Å². The molecule has 2 atom stereocenters. The van der Waals surface area contributed by atoms with Crippen molar-refractivity contribution >= 4 is 16.0 Å². The monoisotopic (exact) mass is 235 g/mol. The summed E-state index contributed by atoms with van der Waals surface area (Å²) in [5.74, 6) is -2.10. The van der Waals surface area contributed by atoms with Gasteiger partial charge in [-0.25, -0.2) is 8.42 Å². The predicted octanol–water partition coefficient (Wildman–Crippen LogP) is 0.664. The Kier molecular flexibility index (Phi) is 3.72. The Bertz CT molecular complexity index is 328. The maximum atomic E-state index is 11.8. The van der Waals surface area contributed by atoms with Crippen LogP contribution in [-0.2, 0) is 14.8 Å². The number of hydrogen-bond donors (Lipinski definition) is 1. The lowest BCUT2D eigenvalue weighted by molar-refractivity contribution is -0.134. The van der Waals surface area contributed by atoms with E-state index >= 15 is 0 Å². The molecule has 6 heteroatoms. The quantitative estimate of drug-likeness (QED) is 0.780. The van der Waals surface area contributed by atoms with Gasteiger partial charge in [0, 0.05) is 12.1 Å². The zero-order valence-corrected chi connectivity index (χ0v) is 9.83. The van der Waals surface area contributed by atoms with E-state index in [2.05, 4.69) is 0 Å². The fraction of sp³-hybridized carbons (Fsp3) is 0.889. The number of piperidine rings is 1. The smallest absolute Gasteiger partial charge is 0.320 e. The Morgan fingerprint density at radius 2 is 1.80 bits per heavy atom. The van der Waals surface area contributed by atoms with Gasteiger partial charge in [0.25, 0.3) is 0 Å². The molecule has 0 radical (unpaired) electrons. The van der Waals surface area contributed by atoms with Gasteiger partial charge >= 0.3 is 5.97 Å². The average molecular weight is 235 g/mol. The summed E-state index contributed by atoms with van der Waals surface area (Å²) >= 11 is 0. The summed E-state index contributed by atoms with van der Waals surface area (Å²) in [6.45, 7) is 3.66. The van der Waals surface area contributed by atoms with Crippen LogP contribution < -0.4 is 0 Å². The number of hydrogen-bond acceptors (Lipinski definition) is 3. The lowest BCUT2D eigenvalue weighted by Gasteiger charge is -2.37. The Morgan fingerprint density at radius 1 is 1.33 bits per heavy atom. The zero-order valence-electron chi connectivity index (χ0n) is 9.01. The molecule has 1 aliphatic heterocycles. The van der Waals surface area contributed by atoms with E-state index in [-0.39, 0.29) is 12.1 Å². The summed E-state index contributed by atoms with van der Waals surface area (Å²) in [4.78, 5) is 10.5. The first kappa shape index (κ1) is 12.4. The maximum Gasteiger partial charge on any atom is 0.320 e. The first-order chi connectivity index (χ1) is 6.84. The van der Waals surface area contributed by atoms with E-state index in [4.69, 9.17) is 5.11 Å². The third-order valence-corrected chi connectivity index (χ3v) is 4.71. The number of rotatable bonds is 3. The molecule has 1 rings (SSSR count). The molecule has 0 aromatic rings. The summed E-state index contributed by atoms with van der Waals surface area (Å²) < 4.78 is 24.9. The molecule has 15 heavy (non-hydrogen) atoms. The minimum Gasteiger partial charge on any atom is -0.480 e. The summed E-state index contributed by atoms with van der Waals surface area (Å²) in [5, 5.41) is 8.55. The van der Waals surface area contributed by atoms with Crippen LogP contribution in [0.2, 0.25) is 0 Å². The number of nitrogens with zero attached hydrogens (tertiary/aromatic N) is 1. The second kappa shape index (κ2) is 4.49. The largest absolute Gasteiger partial charge is 0.480 e. The number of aliphatic carboxylic acids is 1. The normalized spacial score (nSPS) is 28.9. The second-order valence-electron chi connectivity index (χ2n) is 4.11. The highest BCUT2D eigenvalue weighted by Crippen LogP contribution is 2.25. The number of sulfonamides is 1. The van der Waals surface area contributed by atoms with Crippen LogP contribution in [0.15, 0.2) is 0 Å². The van der Waals surface area contributed by atoms with Gasteiger partial charge in [0.15, 0.2) is 5.75 Å². The van der Waals surface area contributed by atoms with Gasteiger partial charge in [0.1, 0.15) is 0 Å². The van der Waals surface area contributed by atoms with E-state index in [0.29, 0.717) is 0 Å². The van der Waals surface area contributed by atoms with Crippen molar-refractivity contribution in [2.75, 3.05) is 5.75 Å². The van der Waals surface area contributed by atoms with Crippen LogP contribution in [0.3, 0.4) is 0 Å². The fourth-order valence-electron chi connectivity index (χ4n) is 2.18. The molecule has 5 nitrogen and oxygen atoms in total. The van der Waals surface area contributed by atoms with E-state index in [0.717, 1.165) is 19.3 Å². The highest BCUT2D eigenvalue weighted by Gasteiger charge is 2.35. The molecular formula is C9H17NO4S. The van der Waals surface area contributed by atoms with Gasteiger partial charge in [-0.3, -0.25) is 4.79 Å². The highest BCUT2D eigenvalue weighted by atomic mass is 32.2. The first-order valence-electron chi connectivity index (χ1n) is 5.07. The minimum atomic E-state index is -3.65. The Hall–Kier alpha value is -0.620.